The van der Waals surface area contributed by atoms with Crippen LogP contribution >= 0.6 is 0 Å². The van der Waals surface area contributed by atoms with E-state index >= 15 is 0 Å². The van der Waals surface area contributed by atoms with Gasteiger partial charge in [0, 0.05) is 12.1 Å². The van der Waals surface area contributed by atoms with Gasteiger partial charge in [0.25, 0.3) is 0 Å². The van der Waals surface area contributed by atoms with Gasteiger partial charge >= 0.3 is 0 Å². The number of rotatable bonds is 4. The molecule has 0 amide bonds. The lowest BCUT2D eigenvalue weighted by atomic mass is 9.91. The molecular formula is C12H25NO. The molecule has 0 bridgehead atoms. The number of hydrogen-bond acceptors (Lipinski definition) is 2. The highest BCUT2D eigenvalue weighted by Crippen LogP contribution is 2.24. The average Bonchev–Trinajstić information content (AvgIpc) is 2.15. The molecule has 0 aromatic carbocycles. The minimum Gasteiger partial charge on any atom is -0.393 e. The van der Waals surface area contributed by atoms with E-state index in [0.717, 1.165) is 18.9 Å². The third-order valence-electron chi connectivity index (χ3n) is 3.28. The van der Waals surface area contributed by atoms with Gasteiger partial charge in [0.05, 0.1) is 6.10 Å². The van der Waals surface area contributed by atoms with Crippen LogP contribution in [-0.4, -0.2) is 34.7 Å². The lowest BCUT2D eigenvalue weighted by Gasteiger charge is -2.38. The van der Waals surface area contributed by atoms with Gasteiger partial charge in [-0.15, -0.1) is 0 Å². The van der Waals surface area contributed by atoms with Crippen LogP contribution in [0, 0.1) is 0 Å². The molecule has 0 atom stereocenters. The highest BCUT2D eigenvalue weighted by molar-refractivity contribution is 4.80. The van der Waals surface area contributed by atoms with E-state index in [1.807, 2.05) is 0 Å². The fourth-order valence-electron chi connectivity index (χ4n) is 2.51. The third kappa shape index (κ3) is 3.25. The second kappa shape index (κ2) is 5.72. The Balaban J connectivity index is 2.43. The molecule has 1 aliphatic carbocycles. The van der Waals surface area contributed by atoms with Crippen molar-refractivity contribution in [3.05, 3.63) is 0 Å². The molecule has 0 saturated heterocycles. The molecule has 14 heavy (non-hydrogen) atoms. The maximum Gasteiger partial charge on any atom is 0.0541 e. The van der Waals surface area contributed by atoms with Crippen molar-refractivity contribution in [2.75, 3.05) is 6.54 Å². The van der Waals surface area contributed by atoms with Crippen molar-refractivity contribution in [3.8, 4) is 0 Å². The molecule has 1 saturated carbocycles. The molecule has 0 radical (unpaired) electrons. The van der Waals surface area contributed by atoms with E-state index in [0.29, 0.717) is 6.04 Å². The highest BCUT2D eigenvalue weighted by Gasteiger charge is 2.25. The molecule has 1 rings (SSSR count). The molecular weight excluding hydrogens is 174 g/mol. The molecule has 1 aliphatic rings. The summed E-state index contributed by atoms with van der Waals surface area (Å²) in [5.74, 6) is 0. The molecule has 0 aliphatic heterocycles. The van der Waals surface area contributed by atoms with Crippen molar-refractivity contribution in [3.63, 3.8) is 0 Å². The smallest absolute Gasteiger partial charge is 0.0541 e. The van der Waals surface area contributed by atoms with Crippen molar-refractivity contribution in [1.29, 1.82) is 0 Å². The standard InChI is InChI=1S/C12H25NO/c1-4-9-13(10(2)3)11-5-7-12(14)8-6-11/h10-12,14H,4-9H2,1-3H3. The first-order valence-electron chi connectivity index (χ1n) is 6.09. The molecule has 2 heteroatoms. The fourth-order valence-corrected chi connectivity index (χ4v) is 2.51. The zero-order valence-corrected chi connectivity index (χ0v) is 9.87. The summed E-state index contributed by atoms with van der Waals surface area (Å²) < 4.78 is 0. The lowest BCUT2D eigenvalue weighted by Crippen LogP contribution is -2.43. The maximum absolute atomic E-state index is 9.46. The Morgan fingerprint density at radius 3 is 2.21 bits per heavy atom. The van der Waals surface area contributed by atoms with Gasteiger partial charge in [0.1, 0.15) is 0 Å². The van der Waals surface area contributed by atoms with Gasteiger partial charge in [-0.1, -0.05) is 6.92 Å². The minimum absolute atomic E-state index is 0.0260. The Kier molecular flexibility index (Phi) is 4.90. The van der Waals surface area contributed by atoms with Crippen LogP contribution in [0.25, 0.3) is 0 Å². The molecule has 0 spiro atoms. The Bertz CT molecular complexity index is 150. The Labute approximate surface area is 88.3 Å². The molecule has 2 nitrogen and oxygen atoms in total. The quantitative estimate of drug-likeness (QED) is 0.751. The second-order valence-corrected chi connectivity index (χ2v) is 4.79. The van der Waals surface area contributed by atoms with Crippen molar-refractivity contribution >= 4 is 0 Å². The van der Waals surface area contributed by atoms with Crippen LogP contribution in [0.2, 0.25) is 0 Å². The van der Waals surface area contributed by atoms with Gasteiger partial charge in [-0.05, 0) is 52.5 Å². The molecule has 0 aromatic heterocycles. The van der Waals surface area contributed by atoms with Gasteiger partial charge in [-0.25, -0.2) is 0 Å². The van der Waals surface area contributed by atoms with Crippen LogP contribution in [0.1, 0.15) is 52.9 Å². The van der Waals surface area contributed by atoms with Crippen LogP contribution < -0.4 is 0 Å². The topological polar surface area (TPSA) is 23.5 Å². The molecule has 1 N–H and O–H groups in total. The number of aliphatic hydroxyl groups excluding tert-OH is 1. The summed E-state index contributed by atoms with van der Waals surface area (Å²) in [4.78, 5) is 2.60. The van der Waals surface area contributed by atoms with Crippen molar-refractivity contribution in [1.82, 2.24) is 4.90 Å². The summed E-state index contributed by atoms with van der Waals surface area (Å²) in [5, 5.41) is 9.46. The van der Waals surface area contributed by atoms with Gasteiger partial charge in [0.15, 0.2) is 0 Å². The van der Waals surface area contributed by atoms with Gasteiger partial charge in [0.2, 0.25) is 0 Å². The predicted octanol–water partition coefficient (Wildman–Crippen LogP) is 2.41. The van der Waals surface area contributed by atoms with Gasteiger partial charge < -0.3 is 5.11 Å². The largest absolute Gasteiger partial charge is 0.393 e. The molecule has 0 aromatic rings. The SMILES string of the molecule is CCCN(C(C)C)C1CCC(O)CC1. The van der Waals surface area contributed by atoms with Gasteiger partial charge in [-0.2, -0.15) is 0 Å². The Hall–Kier alpha value is -0.0800. The minimum atomic E-state index is -0.0260. The van der Waals surface area contributed by atoms with E-state index in [9.17, 15) is 5.11 Å². The monoisotopic (exact) mass is 199 g/mol. The van der Waals surface area contributed by atoms with Crippen LogP contribution in [0.3, 0.4) is 0 Å². The highest BCUT2D eigenvalue weighted by atomic mass is 16.3. The summed E-state index contributed by atoms with van der Waals surface area (Å²) in [5.41, 5.74) is 0. The lowest BCUT2D eigenvalue weighted by molar-refractivity contribution is 0.0594. The molecule has 0 heterocycles. The van der Waals surface area contributed by atoms with E-state index in [2.05, 4.69) is 25.7 Å². The second-order valence-electron chi connectivity index (χ2n) is 4.79. The normalized spacial score (nSPS) is 28.7. The summed E-state index contributed by atoms with van der Waals surface area (Å²) in [6.45, 7) is 8.01. The number of aliphatic hydroxyl groups is 1. The van der Waals surface area contributed by atoms with Crippen molar-refractivity contribution in [2.45, 2.75) is 71.1 Å². The van der Waals surface area contributed by atoms with Crippen LogP contribution in [0.5, 0.6) is 0 Å². The summed E-state index contributed by atoms with van der Waals surface area (Å²) >= 11 is 0. The van der Waals surface area contributed by atoms with E-state index in [1.165, 1.54) is 25.8 Å². The zero-order valence-electron chi connectivity index (χ0n) is 9.87. The van der Waals surface area contributed by atoms with Gasteiger partial charge in [-0.3, -0.25) is 4.90 Å². The maximum atomic E-state index is 9.46. The Morgan fingerprint density at radius 1 is 1.21 bits per heavy atom. The van der Waals surface area contributed by atoms with Crippen LogP contribution in [0.4, 0.5) is 0 Å². The molecule has 0 unspecified atom stereocenters. The zero-order chi connectivity index (χ0) is 10.6. The summed E-state index contributed by atoms with van der Waals surface area (Å²) in [7, 11) is 0. The average molecular weight is 199 g/mol. The fraction of sp³-hybridized carbons (Fsp3) is 1.00. The van der Waals surface area contributed by atoms with E-state index in [4.69, 9.17) is 0 Å². The predicted molar refractivity (Wildman–Crippen MR) is 60.4 cm³/mol. The number of hydrogen-bond donors (Lipinski definition) is 1. The number of nitrogens with zero attached hydrogens (tertiary/aromatic N) is 1. The van der Waals surface area contributed by atoms with Crippen molar-refractivity contribution < 1.29 is 5.11 Å². The van der Waals surface area contributed by atoms with Crippen LogP contribution in [-0.2, 0) is 0 Å². The Morgan fingerprint density at radius 2 is 1.79 bits per heavy atom. The van der Waals surface area contributed by atoms with E-state index in [1.54, 1.807) is 0 Å². The van der Waals surface area contributed by atoms with E-state index < -0.39 is 0 Å². The first-order valence-corrected chi connectivity index (χ1v) is 6.09. The molecule has 1 fully saturated rings. The molecule has 84 valence electrons. The van der Waals surface area contributed by atoms with Crippen LogP contribution in [0.15, 0.2) is 0 Å². The summed E-state index contributed by atoms with van der Waals surface area (Å²) in [6, 6.07) is 1.37. The van der Waals surface area contributed by atoms with E-state index in [-0.39, 0.29) is 6.10 Å². The third-order valence-corrected chi connectivity index (χ3v) is 3.28. The first-order chi connectivity index (χ1) is 6.65. The van der Waals surface area contributed by atoms with Crippen molar-refractivity contribution in [2.24, 2.45) is 0 Å². The summed E-state index contributed by atoms with van der Waals surface area (Å²) in [6.07, 6.45) is 5.56. The first kappa shape index (κ1) is 12.0.